The molecule has 0 nitrogen and oxygen atoms in total. The molecule has 0 N–H and O–H groups in total. The van der Waals surface area contributed by atoms with Gasteiger partial charge in [0.05, 0.1) is 0 Å². The molecule has 2 atom stereocenters. The first kappa shape index (κ1) is 9.86. The summed E-state index contributed by atoms with van der Waals surface area (Å²) in [5, 5.41) is 0. The predicted molar refractivity (Wildman–Crippen MR) is 35.6 cm³/mol. The molecule has 0 radical (unpaired) electrons. The van der Waals surface area contributed by atoms with E-state index in [0.29, 0.717) is 0 Å². The van der Waals surface area contributed by atoms with Crippen LogP contribution in [0.1, 0.15) is 12.8 Å². The van der Waals surface area contributed by atoms with Gasteiger partial charge in [-0.15, -0.1) is 0 Å². The Hall–Kier alpha value is -0.680. The Balaban J connectivity index is 2.54. The summed E-state index contributed by atoms with van der Waals surface area (Å²) in [4.78, 5) is 0. The molecule has 1 saturated carbocycles. The lowest BCUT2D eigenvalue weighted by atomic mass is 9.88. The second-order valence-corrected chi connectivity index (χ2v) is 3.65. The van der Waals surface area contributed by atoms with Crippen molar-refractivity contribution in [2.45, 2.75) is 30.6 Å². The van der Waals surface area contributed by atoms with Gasteiger partial charge in [-0.1, -0.05) is 6.08 Å². The summed E-state index contributed by atoms with van der Waals surface area (Å²) in [6.07, 6.45) is -5.24. The van der Waals surface area contributed by atoms with Gasteiger partial charge in [-0.05, 0) is 18.4 Å². The molecule has 14 heavy (non-hydrogen) atoms. The molecule has 0 aromatic carbocycles. The van der Waals surface area contributed by atoms with Gasteiger partial charge in [-0.2, -0.15) is 13.2 Å². The predicted octanol–water partition coefficient (Wildman–Crippen LogP) is 3.24. The summed E-state index contributed by atoms with van der Waals surface area (Å²) >= 11 is 0. The van der Waals surface area contributed by atoms with E-state index >= 15 is 0 Å². The smallest absolute Gasteiger partial charge is 0.222 e. The fraction of sp³-hybridized carbons (Fsp3) is 0.750. The number of halogens is 6. The second kappa shape index (κ2) is 2.28. The highest BCUT2D eigenvalue weighted by molar-refractivity contribution is 5.37. The molecule has 0 aliphatic heterocycles. The Labute approximate surface area is 75.6 Å². The normalized spacial score (nSPS) is 40.1. The lowest BCUT2D eigenvalue weighted by molar-refractivity contribution is -0.287. The minimum absolute atomic E-state index is 0.163. The van der Waals surface area contributed by atoms with Gasteiger partial charge < -0.3 is 0 Å². The number of hydrogen-bond acceptors (Lipinski definition) is 0. The first-order chi connectivity index (χ1) is 6.21. The van der Waals surface area contributed by atoms with E-state index < -0.39 is 35.7 Å². The highest BCUT2D eigenvalue weighted by atomic mass is 19.4. The summed E-state index contributed by atoms with van der Waals surface area (Å²) in [6, 6.07) is 0. The monoisotopic (exact) mass is 216 g/mol. The van der Waals surface area contributed by atoms with E-state index in [1.165, 1.54) is 0 Å². The van der Waals surface area contributed by atoms with Gasteiger partial charge in [0.2, 0.25) is 0 Å². The third kappa shape index (κ3) is 0.821. The number of hydrogen-bond donors (Lipinski definition) is 0. The molecule has 0 amide bonds. The van der Waals surface area contributed by atoms with Crippen molar-refractivity contribution >= 4 is 0 Å². The summed E-state index contributed by atoms with van der Waals surface area (Å²) in [6.45, 7) is 0. The largest absolute Gasteiger partial charge is 0.432 e. The summed E-state index contributed by atoms with van der Waals surface area (Å²) in [5.41, 5.74) is -5.23. The lowest BCUT2D eigenvalue weighted by Crippen LogP contribution is -2.55. The summed E-state index contributed by atoms with van der Waals surface area (Å²) in [5.74, 6) is -5.83. The Morgan fingerprint density at radius 1 is 1.21 bits per heavy atom. The first-order valence-electron chi connectivity index (χ1n) is 4.04. The Morgan fingerprint density at radius 3 is 2.07 bits per heavy atom. The van der Waals surface area contributed by atoms with Crippen LogP contribution in [0.15, 0.2) is 11.6 Å². The average Bonchev–Trinajstić information content (AvgIpc) is 2.52. The number of alkyl halides is 6. The maximum atomic E-state index is 13.3. The molecule has 0 saturated heterocycles. The Kier molecular flexibility index (Phi) is 1.60. The third-order valence-electron chi connectivity index (χ3n) is 2.92. The molecule has 2 bridgehead atoms. The van der Waals surface area contributed by atoms with Crippen molar-refractivity contribution in [2.24, 2.45) is 5.92 Å². The number of allylic oxidation sites excluding steroid dienone is 2. The van der Waals surface area contributed by atoms with Crippen LogP contribution in [0.3, 0.4) is 0 Å². The molecule has 2 rings (SSSR count). The molecule has 2 unspecified atom stereocenters. The van der Waals surface area contributed by atoms with Crippen LogP contribution in [0.4, 0.5) is 26.3 Å². The minimum atomic E-state index is -5.53. The first-order valence-corrected chi connectivity index (χ1v) is 4.04. The van der Waals surface area contributed by atoms with Crippen molar-refractivity contribution in [3.8, 4) is 0 Å². The standard InChI is InChI=1S/C8H6F6/c9-6(8(12,13)14)4-1-2-5(3-4)7(6,10)11/h1,5H,2-3H2. The zero-order chi connectivity index (χ0) is 10.8. The van der Waals surface area contributed by atoms with Crippen molar-refractivity contribution < 1.29 is 26.3 Å². The number of rotatable bonds is 0. The van der Waals surface area contributed by atoms with Crippen LogP contribution in [-0.4, -0.2) is 17.8 Å². The topological polar surface area (TPSA) is 0 Å². The van der Waals surface area contributed by atoms with Crippen LogP contribution in [-0.2, 0) is 0 Å². The van der Waals surface area contributed by atoms with Crippen molar-refractivity contribution in [2.75, 3.05) is 0 Å². The second-order valence-electron chi connectivity index (χ2n) is 3.65. The minimum Gasteiger partial charge on any atom is -0.222 e. The zero-order valence-electron chi connectivity index (χ0n) is 6.84. The van der Waals surface area contributed by atoms with E-state index in [-0.39, 0.29) is 6.42 Å². The third-order valence-corrected chi connectivity index (χ3v) is 2.92. The summed E-state index contributed by atoms with van der Waals surface area (Å²) < 4.78 is 76.1. The van der Waals surface area contributed by atoms with Crippen molar-refractivity contribution in [1.82, 2.24) is 0 Å². The van der Waals surface area contributed by atoms with E-state index in [9.17, 15) is 26.3 Å². The maximum Gasteiger partial charge on any atom is 0.432 e. The Morgan fingerprint density at radius 2 is 1.79 bits per heavy atom. The van der Waals surface area contributed by atoms with E-state index in [2.05, 4.69) is 0 Å². The van der Waals surface area contributed by atoms with E-state index in [1.54, 1.807) is 0 Å². The molecule has 0 spiro atoms. The van der Waals surface area contributed by atoms with E-state index in [0.717, 1.165) is 6.08 Å². The van der Waals surface area contributed by atoms with Crippen LogP contribution in [0.5, 0.6) is 0 Å². The van der Waals surface area contributed by atoms with Gasteiger partial charge in [-0.3, -0.25) is 0 Å². The van der Waals surface area contributed by atoms with Gasteiger partial charge in [0.15, 0.2) is 0 Å². The van der Waals surface area contributed by atoms with Crippen LogP contribution >= 0.6 is 0 Å². The molecule has 2 aliphatic rings. The SMILES string of the molecule is FC(F)(F)C1(F)C2=CCC(C2)C1(F)F. The average molecular weight is 216 g/mol. The highest BCUT2D eigenvalue weighted by Gasteiger charge is 2.79. The fourth-order valence-electron chi connectivity index (χ4n) is 2.14. The van der Waals surface area contributed by atoms with E-state index in [4.69, 9.17) is 0 Å². The molecule has 1 fully saturated rings. The van der Waals surface area contributed by atoms with Crippen LogP contribution in [0.25, 0.3) is 0 Å². The lowest BCUT2D eigenvalue weighted by Gasteiger charge is -2.34. The van der Waals surface area contributed by atoms with Crippen LogP contribution < -0.4 is 0 Å². The molecule has 80 valence electrons. The quantitative estimate of drug-likeness (QED) is 0.430. The van der Waals surface area contributed by atoms with Crippen LogP contribution in [0.2, 0.25) is 0 Å². The fourth-order valence-corrected chi connectivity index (χ4v) is 2.14. The van der Waals surface area contributed by atoms with Crippen molar-refractivity contribution in [3.63, 3.8) is 0 Å². The van der Waals surface area contributed by atoms with Gasteiger partial charge in [-0.25, -0.2) is 13.2 Å². The van der Waals surface area contributed by atoms with E-state index in [1.807, 2.05) is 0 Å². The van der Waals surface area contributed by atoms with Crippen LogP contribution in [0, 0.1) is 5.92 Å². The van der Waals surface area contributed by atoms with Gasteiger partial charge in [0.25, 0.3) is 11.6 Å². The Bertz CT molecular complexity index is 301. The molecule has 6 heteroatoms. The molecule has 2 aliphatic carbocycles. The van der Waals surface area contributed by atoms with Gasteiger partial charge in [0, 0.05) is 5.92 Å². The molecule has 0 heterocycles. The molecular weight excluding hydrogens is 210 g/mol. The molecule has 0 aromatic heterocycles. The highest BCUT2D eigenvalue weighted by Crippen LogP contribution is 2.63. The molecular formula is C8H6F6. The van der Waals surface area contributed by atoms with Gasteiger partial charge >= 0.3 is 6.18 Å². The number of fused-ring (bicyclic) bond motifs is 2. The zero-order valence-corrected chi connectivity index (χ0v) is 6.84. The van der Waals surface area contributed by atoms with Gasteiger partial charge in [0.1, 0.15) is 0 Å². The maximum absolute atomic E-state index is 13.3. The van der Waals surface area contributed by atoms with Crippen molar-refractivity contribution in [1.29, 1.82) is 0 Å². The van der Waals surface area contributed by atoms with Crippen molar-refractivity contribution in [3.05, 3.63) is 11.6 Å². The summed E-state index contributed by atoms with van der Waals surface area (Å²) in [7, 11) is 0. The molecule has 0 aromatic rings.